The van der Waals surface area contributed by atoms with Gasteiger partial charge in [0, 0.05) is 18.0 Å². The number of aromatic nitrogens is 1. The van der Waals surface area contributed by atoms with E-state index in [9.17, 15) is 4.79 Å². The quantitative estimate of drug-likeness (QED) is 0.778. The molecule has 0 spiro atoms. The highest BCUT2D eigenvalue weighted by Gasteiger charge is 2.26. The zero-order valence-corrected chi connectivity index (χ0v) is 8.35. The van der Waals surface area contributed by atoms with E-state index in [0.29, 0.717) is 5.92 Å². The minimum absolute atomic E-state index is 0.0475. The van der Waals surface area contributed by atoms with Crippen LogP contribution in [0.15, 0.2) is 16.8 Å². The zero-order chi connectivity index (χ0) is 10.7. The number of aliphatic carboxylic acids is 1. The maximum atomic E-state index is 10.6. The molecule has 1 aliphatic rings. The second-order valence-electron chi connectivity index (χ2n) is 3.89. The van der Waals surface area contributed by atoms with Crippen molar-refractivity contribution in [3.05, 3.63) is 18.0 Å². The molecular weight excluding hydrogens is 196 g/mol. The summed E-state index contributed by atoms with van der Waals surface area (Å²) >= 11 is 0. The predicted octanol–water partition coefficient (Wildman–Crippen LogP) is 0.985. The van der Waals surface area contributed by atoms with Gasteiger partial charge in [0.05, 0.1) is 12.6 Å². The van der Waals surface area contributed by atoms with E-state index in [0.717, 1.165) is 25.1 Å². The molecule has 0 aromatic carbocycles. The summed E-state index contributed by atoms with van der Waals surface area (Å²) in [5, 5.41) is 15.6. The topological polar surface area (TPSA) is 75.4 Å². The Balaban J connectivity index is 1.95. The molecule has 2 atom stereocenters. The summed E-state index contributed by atoms with van der Waals surface area (Å²) in [6.45, 7) is 0.837. The number of rotatable bonds is 3. The number of hydrogen-bond acceptors (Lipinski definition) is 4. The highest BCUT2D eigenvalue weighted by atomic mass is 16.5. The normalized spacial score (nSPS) is 26.4. The number of carboxylic acid groups (broad SMARTS) is 1. The van der Waals surface area contributed by atoms with Crippen LogP contribution in [0.5, 0.6) is 0 Å². The standard InChI is InChI=1S/C10H14N2O3/c13-10(14)6-8-5-7(1-3-11-8)9-2-4-12-15-9/h2,4,7-8,11H,1,3,5-6H2,(H,13,14). The average Bonchev–Trinajstić information content (AvgIpc) is 2.69. The maximum Gasteiger partial charge on any atom is 0.304 e. The molecule has 0 saturated carbocycles. The summed E-state index contributed by atoms with van der Waals surface area (Å²) in [6, 6.07) is 1.90. The summed E-state index contributed by atoms with van der Waals surface area (Å²) in [4.78, 5) is 10.6. The van der Waals surface area contributed by atoms with E-state index >= 15 is 0 Å². The number of nitrogens with zero attached hydrogens (tertiary/aromatic N) is 1. The Labute approximate surface area is 87.5 Å². The van der Waals surface area contributed by atoms with Crippen LogP contribution in [0.2, 0.25) is 0 Å². The number of nitrogens with one attached hydrogen (secondary N) is 1. The highest BCUT2D eigenvalue weighted by Crippen LogP contribution is 2.28. The van der Waals surface area contributed by atoms with Gasteiger partial charge in [0.2, 0.25) is 0 Å². The second-order valence-corrected chi connectivity index (χ2v) is 3.89. The van der Waals surface area contributed by atoms with Crippen molar-refractivity contribution in [2.24, 2.45) is 0 Å². The van der Waals surface area contributed by atoms with Gasteiger partial charge in [-0.3, -0.25) is 4.79 Å². The second kappa shape index (κ2) is 4.44. The van der Waals surface area contributed by atoms with Crippen molar-refractivity contribution in [1.82, 2.24) is 10.5 Å². The van der Waals surface area contributed by atoms with Crippen molar-refractivity contribution < 1.29 is 14.4 Å². The SMILES string of the molecule is O=C(O)CC1CC(c2ccno2)CCN1. The van der Waals surface area contributed by atoms with Gasteiger partial charge in [-0.15, -0.1) is 0 Å². The number of carbonyl (C=O) groups is 1. The number of hydrogen-bond donors (Lipinski definition) is 2. The van der Waals surface area contributed by atoms with E-state index in [1.54, 1.807) is 6.20 Å². The van der Waals surface area contributed by atoms with E-state index in [-0.39, 0.29) is 12.5 Å². The van der Waals surface area contributed by atoms with Crippen molar-refractivity contribution in [2.75, 3.05) is 6.54 Å². The minimum atomic E-state index is -0.759. The first-order valence-electron chi connectivity index (χ1n) is 5.11. The molecular formula is C10H14N2O3. The Bertz CT molecular complexity index is 323. The number of piperidine rings is 1. The molecule has 2 heterocycles. The zero-order valence-electron chi connectivity index (χ0n) is 8.35. The molecule has 0 radical (unpaired) electrons. The molecule has 0 bridgehead atoms. The lowest BCUT2D eigenvalue weighted by Crippen LogP contribution is -2.38. The van der Waals surface area contributed by atoms with Crippen LogP contribution >= 0.6 is 0 Å². The van der Waals surface area contributed by atoms with Crippen LogP contribution < -0.4 is 5.32 Å². The summed E-state index contributed by atoms with van der Waals surface area (Å²) in [5.74, 6) is 0.413. The van der Waals surface area contributed by atoms with Crippen LogP contribution in [0.1, 0.15) is 30.9 Å². The summed E-state index contributed by atoms with van der Waals surface area (Å²) in [5.41, 5.74) is 0. The first-order chi connectivity index (χ1) is 7.25. The summed E-state index contributed by atoms with van der Waals surface area (Å²) < 4.78 is 5.10. The van der Waals surface area contributed by atoms with E-state index in [1.165, 1.54) is 0 Å². The van der Waals surface area contributed by atoms with Crippen LogP contribution in [-0.2, 0) is 4.79 Å². The van der Waals surface area contributed by atoms with Gasteiger partial charge in [-0.05, 0) is 19.4 Å². The van der Waals surface area contributed by atoms with Crippen molar-refractivity contribution in [3.8, 4) is 0 Å². The molecule has 5 heteroatoms. The number of carboxylic acids is 1. The molecule has 15 heavy (non-hydrogen) atoms. The molecule has 5 nitrogen and oxygen atoms in total. The van der Waals surface area contributed by atoms with Crippen molar-refractivity contribution in [2.45, 2.75) is 31.2 Å². The Morgan fingerprint density at radius 1 is 1.73 bits per heavy atom. The monoisotopic (exact) mass is 210 g/mol. The van der Waals surface area contributed by atoms with Gasteiger partial charge in [0.15, 0.2) is 0 Å². The van der Waals surface area contributed by atoms with Crippen molar-refractivity contribution in [1.29, 1.82) is 0 Å². The van der Waals surface area contributed by atoms with Gasteiger partial charge >= 0.3 is 5.97 Å². The van der Waals surface area contributed by atoms with E-state index < -0.39 is 5.97 Å². The van der Waals surface area contributed by atoms with E-state index in [4.69, 9.17) is 9.63 Å². The maximum absolute atomic E-state index is 10.6. The van der Waals surface area contributed by atoms with Crippen LogP contribution in [0.4, 0.5) is 0 Å². The Hall–Kier alpha value is -1.36. The predicted molar refractivity (Wildman–Crippen MR) is 52.5 cm³/mol. The third kappa shape index (κ3) is 2.56. The summed E-state index contributed by atoms with van der Waals surface area (Å²) in [6.07, 6.45) is 3.58. The molecule has 2 rings (SSSR count). The first-order valence-corrected chi connectivity index (χ1v) is 5.11. The van der Waals surface area contributed by atoms with Gasteiger partial charge in [-0.2, -0.15) is 0 Å². The molecule has 82 valence electrons. The fourth-order valence-electron chi connectivity index (χ4n) is 2.07. The van der Waals surface area contributed by atoms with Gasteiger partial charge in [-0.25, -0.2) is 0 Å². The molecule has 1 aromatic heterocycles. The van der Waals surface area contributed by atoms with Gasteiger partial charge in [0.1, 0.15) is 5.76 Å². The van der Waals surface area contributed by atoms with Crippen molar-refractivity contribution in [3.63, 3.8) is 0 Å². The highest BCUT2D eigenvalue weighted by molar-refractivity contribution is 5.67. The largest absolute Gasteiger partial charge is 0.481 e. The third-order valence-electron chi connectivity index (χ3n) is 2.78. The molecule has 1 aliphatic heterocycles. The van der Waals surface area contributed by atoms with Gasteiger partial charge in [-0.1, -0.05) is 5.16 Å². The van der Waals surface area contributed by atoms with Crippen LogP contribution in [0, 0.1) is 0 Å². The Kier molecular flexibility index (Phi) is 3.01. The van der Waals surface area contributed by atoms with Gasteiger partial charge in [0.25, 0.3) is 0 Å². The Morgan fingerprint density at radius 3 is 3.27 bits per heavy atom. The Morgan fingerprint density at radius 2 is 2.60 bits per heavy atom. The molecule has 2 N–H and O–H groups in total. The van der Waals surface area contributed by atoms with Crippen LogP contribution in [0.25, 0.3) is 0 Å². The summed E-state index contributed by atoms with van der Waals surface area (Å²) in [7, 11) is 0. The third-order valence-corrected chi connectivity index (χ3v) is 2.78. The molecule has 0 aliphatic carbocycles. The minimum Gasteiger partial charge on any atom is -0.481 e. The first kappa shape index (κ1) is 10.2. The van der Waals surface area contributed by atoms with Crippen molar-refractivity contribution >= 4 is 5.97 Å². The molecule has 1 fully saturated rings. The van der Waals surface area contributed by atoms with Crippen LogP contribution in [-0.4, -0.2) is 28.8 Å². The molecule has 1 saturated heterocycles. The van der Waals surface area contributed by atoms with E-state index in [2.05, 4.69) is 10.5 Å². The fourth-order valence-corrected chi connectivity index (χ4v) is 2.07. The lowest BCUT2D eigenvalue weighted by molar-refractivity contribution is -0.137. The lowest BCUT2D eigenvalue weighted by Gasteiger charge is -2.27. The van der Waals surface area contributed by atoms with E-state index in [1.807, 2.05) is 6.07 Å². The average molecular weight is 210 g/mol. The van der Waals surface area contributed by atoms with Crippen LogP contribution in [0.3, 0.4) is 0 Å². The molecule has 2 unspecified atom stereocenters. The fraction of sp³-hybridized carbons (Fsp3) is 0.600. The molecule has 1 aromatic rings. The lowest BCUT2D eigenvalue weighted by atomic mass is 9.89. The smallest absolute Gasteiger partial charge is 0.304 e. The molecule has 0 amide bonds. The van der Waals surface area contributed by atoms with Gasteiger partial charge < -0.3 is 14.9 Å².